The number of aryl methyl sites for hydroxylation is 1. The third-order valence-electron chi connectivity index (χ3n) is 8.74. The molecule has 1 aromatic heterocycles. The average molecular weight is 589 g/mol. The predicted molar refractivity (Wildman–Crippen MR) is 181 cm³/mol. The summed E-state index contributed by atoms with van der Waals surface area (Å²) in [7, 11) is 0. The Bertz CT molecular complexity index is 1570. The van der Waals surface area contributed by atoms with Gasteiger partial charge in [-0.3, -0.25) is 14.7 Å². The van der Waals surface area contributed by atoms with Gasteiger partial charge in [0.05, 0.1) is 5.69 Å². The Morgan fingerprint density at radius 2 is 1.93 bits per heavy atom. The minimum Gasteiger partial charge on any atom is -0.299 e. The number of aromatic nitrogens is 1. The van der Waals surface area contributed by atoms with Gasteiger partial charge in [0.1, 0.15) is 6.67 Å². The molecule has 0 aliphatic carbocycles. The van der Waals surface area contributed by atoms with Crippen LogP contribution in [0.5, 0.6) is 0 Å². The van der Waals surface area contributed by atoms with E-state index >= 15 is 0 Å². The van der Waals surface area contributed by atoms with Crippen LogP contribution in [0.1, 0.15) is 102 Å². The average Bonchev–Trinajstić information content (AvgIpc) is 3.29. The van der Waals surface area contributed by atoms with Gasteiger partial charge in [0.25, 0.3) is 0 Å². The Morgan fingerprint density at radius 3 is 2.66 bits per heavy atom. The van der Waals surface area contributed by atoms with Gasteiger partial charge in [0.15, 0.2) is 5.78 Å². The van der Waals surface area contributed by atoms with Gasteiger partial charge in [-0.05, 0) is 98.1 Å². The molecule has 2 heterocycles. The molecular weight excluding hydrogens is 543 g/mol. The number of ketones is 1. The Morgan fingerprint density at radius 1 is 1.09 bits per heavy atom. The summed E-state index contributed by atoms with van der Waals surface area (Å²) in [4.78, 5) is 20.6. The first kappa shape index (κ1) is 32.8. The number of benzene rings is 2. The van der Waals surface area contributed by atoms with E-state index in [1.54, 1.807) is 6.20 Å². The zero-order valence-electron chi connectivity index (χ0n) is 26.7. The second-order valence-electron chi connectivity index (χ2n) is 11.9. The van der Waals surface area contributed by atoms with E-state index in [2.05, 4.69) is 35.2 Å². The maximum absolute atomic E-state index is 14.2. The highest BCUT2D eigenvalue weighted by molar-refractivity contribution is 6.01. The number of alkyl halides is 1. The summed E-state index contributed by atoms with van der Waals surface area (Å²) in [6.45, 7) is 14.5. The molecule has 4 rings (SSSR count). The van der Waals surface area contributed by atoms with Crippen LogP contribution in [0.2, 0.25) is 0 Å². The predicted octanol–water partition coefficient (Wildman–Crippen LogP) is 9.40. The van der Waals surface area contributed by atoms with E-state index in [0.29, 0.717) is 11.1 Å². The van der Waals surface area contributed by atoms with E-state index < -0.39 is 12.6 Å². The van der Waals surface area contributed by atoms with Gasteiger partial charge in [-0.1, -0.05) is 93.3 Å². The van der Waals surface area contributed by atoms with Crippen LogP contribution in [-0.2, 0) is 13.2 Å². The highest BCUT2D eigenvalue weighted by Gasteiger charge is 2.21. The van der Waals surface area contributed by atoms with Gasteiger partial charge in [-0.25, -0.2) is 4.39 Å². The lowest BCUT2D eigenvalue weighted by molar-refractivity contribution is 0.0966. The fourth-order valence-electron chi connectivity index (χ4n) is 5.70. The Hall–Kier alpha value is -4.07. The molecule has 0 saturated carbocycles. The molecule has 0 spiro atoms. The lowest BCUT2D eigenvalue weighted by atomic mass is 9.89. The van der Waals surface area contributed by atoms with E-state index in [1.807, 2.05) is 93.6 Å². The third kappa shape index (κ3) is 8.74. The van der Waals surface area contributed by atoms with Crippen molar-refractivity contribution in [2.75, 3.05) is 13.1 Å². The highest BCUT2D eigenvalue weighted by Crippen LogP contribution is 2.27. The summed E-state index contributed by atoms with van der Waals surface area (Å²) >= 11 is 0. The van der Waals surface area contributed by atoms with Crippen molar-refractivity contribution in [3.63, 3.8) is 0 Å². The molecular formula is C40H45FN2O. The van der Waals surface area contributed by atoms with Gasteiger partial charge in [-0.2, -0.15) is 0 Å². The quantitative estimate of drug-likeness (QED) is 0.134. The number of likely N-dealkylation sites (tertiary alicyclic amines) is 1. The molecule has 3 aromatic rings. The van der Waals surface area contributed by atoms with Gasteiger partial charge in [0.2, 0.25) is 0 Å². The molecule has 0 radical (unpaired) electrons. The lowest BCUT2D eigenvalue weighted by Crippen LogP contribution is -2.25. The number of carbonyl (C=O) groups is 1. The number of pyridine rings is 1. The Kier molecular flexibility index (Phi) is 12.0. The SMILES string of the molecule is C=C(/C=C\C=C/C)c1ccc(C#Cc2cc(C(=O)C(C)c3ccc(CN4CCCC(CC)CC4)c(CF)c3)ccc2C)cn1. The first-order chi connectivity index (χ1) is 21.3. The summed E-state index contributed by atoms with van der Waals surface area (Å²) in [5, 5.41) is 0. The van der Waals surface area contributed by atoms with Crippen molar-refractivity contribution in [1.82, 2.24) is 9.88 Å². The number of allylic oxidation sites excluding steroid dienone is 5. The number of carbonyl (C=O) groups excluding carboxylic acids is 1. The second kappa shape index (κ2) is 16.1. The summed E-state index contributed by atoms with van der Waals surface area (Å²) in [6, 6.07) is 15.4. The maximum atomic E-state index is 14.2. The van der Waals surface area contributed by atoms with Gasteiger partial charge >= 0.3 is 0 Å². The van der Waals surface area contributed by atoms with Crippen molar-refractivity contribution < 1.29 is 9.18 Å². The standard InChI is InChI=1S/C40H45FN2O/c1-6-8-9-11-30(4)39-20-15-33(27-42-39)14-17-34-24-36(16-13-29(34)3)40(44)31(5)35-18-19-37(38(25-35)26-41)28-43-22-10-12-32(7-2)21-23-43/h6,8-9,11,13,15-16,18-20,24-25,27,31-32H,4,7,10,12,21-23,26,28H2,1-3,5H3/b8-6-,11-9-. The number of hydrogen-bond acceptors (Lipinski definition) is 3. The van der Waals surface area contributed by atoms with Gasteiger partial charge in [0, 0.05) is 35.3 Å². The normalized spacial score (nSPS) is 16.4. The van der Waals surface area contributed by atoms with Crippen molar-refractivity contribution in [1.29, 1.82) is 0 Å². The van der Waals surface area contributed by atoms with Crippen LogP contribution in [0.25, 0.3) is 5.57 Å². The van der Waals surface area contributed by atoms with Crippen LogP contribution < -0.4 is 0 Å². The Balaban J connectivity index is 1.46. The van der Waals surface area contributed by atoms with Crippen LogP contribution in [0.15, 0.2) is 85.6 Å². The summed E-state index contributed by atoms with van der Waals surface area (Å²) in [5.74, 6) is 6.81. The van der Waals surface area contributed by atoms with Crippen LogP contribution in [-0.4, -0.2) is 28.8 Å². The largest absolute Gasteiger partial charge is 0.299 e. The molecule has 3 nitrogen and oxygen atoms in total. The molecule has 0 bridgehead atoms. The highest BCUT2D eigenvalue weighted by atomic mass is 19.1. The molecule has 2 aromatic carbocycles. The van der Waals surface area contributed by atoms with E-state index in [0.717, 1.165) is 64.6 Å². The van der Waals surface area contributed by atoms with Gasteiger partial charge in [-0.15, -0.1) is 0 Å². The summed E-state index contributed by atoms with van der Waals surface area (Å²) < 4.78 is 14.2. The molecule has 44 heavy (non-hydrogen) atoms. The minimum atomic E-state index is -0.531. The molecule has 0 N–H and O–H groups in total. The molecule has 228 valence electrons. The zero-order valence-corrected chi connectivity index (χ0v) is 26.7. The third-order valence-corrected chi connectivity index (χ3v) is 8.74. The van der Waals surface area contributed by atoms with Crippen LogP contribution in [0, 0.1) is 24.7 Å². The van der Waals surface area contributed by atoms with Crippen LogP contribution in [0.4, 0.5) is 4.39 Å². The molecule has 0 amide bonds. The first-order valence-corrected chi connectivity index (χ1v) is 15.8. The van der Waals surface area contributed by atoms with E-state index in [9.17, 15) is 9.18 Å². The van der Waals surface area contributed by atoms with E-state index in [-0.39, 0.29) is 5.78 Å². The second-order valence-corrected chi connectivity index (χ2v) is 11.9. The fourth-order valence-corrected chi connectivity index (χ4v) is 5.70. The topological polar surface area (TPSA) is 33.2 Å². The number of rotatable bonds is 10. The van der Waals surface area contributed by atoms with Crippen LogP contribution >= 0.6 is 0 Å². The number of halogens is 1. The van der Waals surface area contributed by atoms with Crippen molar-refractivity contribution in [3.05, 3.63) is 130 Å². The molecule has 1 aliphatic rings. The molecule has 1 saturated heterocycles. The van der Waals surface area contributed by atoms with E-state index in [1.165, 1.54) is 25.7 Å². The maximum Gasteiger partial charge on any atom is 0.170 e. The number of hydrogen-bond donors (Lipinski definition) is 0. The monoisotopic (exact) mass is 588 g/mol. The van der Waals surface area contributed by atoms with Crippen molar-refractivity contribution >= 4 is 11.4 Å². The minimum absolute atomic E-state index is 0.000705. The van der Waals surface area contributed by atoms with E-state index in [4.69, 9.17) is 0 Å². The van der Waals surface area contributed by atoms with Crippen molar-refractivity contribution in [2.45, 2.75) is 72.5 Å². The molecule has 1 fully saturated rings. The lowest BCUT2D eigenvalue weighted by Gasteiger charge is -2.22. The molecule has 2 unspecified atom stereocenters. The van der Waals surface area contributed by atoms with Crippen molar-refractivity contribution in [2.24, 2.45) is 5.92 Å². The molecule has 4 heteroatoms. The molecule has 1 aliphatic heterocycles. The number of nitrogens with zero attached hydrogens (tertiary/aromatic N) is 2. The Labute approximate surface area is 263 Å². The zero-order chi connectivity index (χ0) is 31.5. The smallest absolute Gasteiger partial charge is 0.170 e. The van der Waals surface area contributed by atoms with Gasteiger partial charge < -0.3 is 0 Å². The summed E-state index contributed by atoms with van der Waals surface area (Å²) in [6.07, 6.45) is 14.4. The summed E-state index contributed by atoms with van der Waals surface area (Å²) in [5.41, 5.74) is 7.36. The fraction of sp³-hybridized carbons (Fsp3) is 0.350. The van der Waals surface area contributed by atoms with Crippen molar-refractivity contribution in [3.8, 4) is 11.8 Å². The number of Topliss-reactive ketones (excluding diaryl/α,β-unsaturated/α-hetero) is 1. The first-order valence-electron chi connectivity index (χ1n) is 15.8. The molecule has 2 atom stereocenters. The van der Waals surface area contributed by atoms with Crippen LogP contribution in [0.3, 0.4) is 0 Å².